The van der Waals surface area contributed by atoms with Crippen molar-refractivity contribution >= 4 is 0 Å². The van der Waals surface area contributed by atoms with Crippen LogP contribution in [-0.2, 0) is 6.54 Å². The summed E-state index contributed by atoms with van der Waals surface area (Å²) in [6.07, 6.45) is 5.30. The van der Waals surface area contributed by atoms with E-state index in [1.54, 1.807) is 14.2 Å². The van der Waals surface area contributed by atoms with Crippen LogP contribution in [0, 0.1) is 6.92 Å². The van der Waals surface area contributed by atoms with E-state index in [-0.39, 0.29) is 0 Å². The second-order valence-corrected chi connectivity index (χ2v) is 5.00. The van der Waals surface area contributed by atoms with Crippen molar-refractivity contribution in [1.29, 1.82) is 0 Å². The number of aryl methyl sites for hydroxylation is 1. The molecule has 0 atom stereocenters. The average molecular weight is 249 g/mol. The van der Waals surface area contributed by atoms with Crippen molar-refractivity contribution in [2.75, 3.05) is 14.2 Å². The Morgan fingerprint density at radius 1 is 1.11 bits per heavy atom. The maximum absolute atomic E-state index is 5.45. The predicted octanol–water partition coefficient (Wildman–Crippen LogP) is 3.04. The molecule has 2 rings (SSSR count). The van der Waals surface area contributed by atoms with Crippen LogP contribution in [0.5, 0.6) is 11.5 Å². The van der Waals surface area contributed by atoms with Gasteiger partial charge in [0.15, 0.2) is 0 Å². The van der Waals surface area contributed by atoms with Gasteiger partial charge in [-0.3, -0.25) is 0 Å². The zero-order valence-electron chi connectivity index (χ0n) is 11.6. The molecule has 0 spiro atoms. The first kappa shape index (κ1) is 13.2. The van der Waals surface area contributed by atoms with E-state index in [1.165, 1.54) is 31.2 Å². The molecule has 1 aliphatic rings. The Balaban J connectivity index is 2.09. The summed E-state index contributed by atoms with van der Waals surface area (Å²) in [5.41, 5.74) is 2.28. The van der Waals surface area contributed by atoms with Gasteiger partial charge in [0.2, 0.25) is 0 Å². The molecule has 1 saturated carbocycles. The molecule has 0 unspecified atom stereocenters. The number of ether oxygens (including phenoxy) is 2. The van der Waals surface area contributed by atoms with Crippen molar-refractivity contribution in [3.05, 3.63) is 23.3 Å². The molecule has 1 aliphatic carbocycles. The second-order valence-electron chi connectivity index (χ2n) is 5.00. The fourth-order valence-corrected chi connectivity index (χ4v) is 2.64. The minimum atomic E-state index is 0.669. The average Bonchev–Trinajstić information content (AvgIpc) is 2.90. The highest BCUT2D eigenvalue weighted by Gasteiger charge is 2.15. The SMILES string of the molecule is COc1cc(CNC2CCCC2)c(OC)cc1C. The third-order valence-electron chi connectivity index (χ3n) is 3.73. The van der Waals surface area contributed by atoms with E-state index < -0.39 is 0 Å². The van der Waals surface area contributed by atoms with Crippen LogP contribution in [0.2, 0.25) is 0 Å². The molecule has 3 heteroatoms. The van der Waals surface area contributed by atoms with Gasteiger partial charge in [0.05, 0.1) is 14.2 Å². The molecular weight excluding hydrogens is 226 g/mol. The number of nitrogens with one attached hydrogen (secondary N) is 1. The summed E-state index contributed by atoms with van der Waals surface area (Å²) in [6.45, 7) is 2.89. The summed E-state index contributed by atoms with van der Waals surface area (Å²) in [5, 5.41) is 3.61. The summed E-state index contributed by atoms with van der Waals surface area (Å²) in [6, 6.07) is 4.79. The van der Waals surface area contributed by atoms with Crippen LogP contribution in [0.4, 0.5) is 0 Å². The van der Waals surface area contributed by atoms with Crippen molar-refractivity contribution in [2.24, 2.45) is 0 Å². The van der Waals surface area contributed by atoms with Crippen molar-refractivity contribution in [3.8, 4) is 11.5 Å². The molecule has 0 saturated heterocycles. The quantitative estimate of drug-likeness (QED) is 0.870. The highest BCUT2D eigenvalue weighted by molar-refractivity contribution is 5.45. The third kappa shape index (κ3) is 2.96. The van der Waals surface area contributed by atoms with Crippen LogP contribution >= 0.6 is 0 Å². The van der Waals surface area contributed by atoms with E-state index in [4.69, 9.17) is 9.47 Å². The summed E-state index contributed by atoms with van der Waals surface area (Å²) in [4.78, 5) is 0. The van der Waals surface area contributed by atoms with E-state index in [2.05, 4.69) is 11.4 Å². The predicted molar refractivity (Wildman–Crippen MR) is 73.4 cm³/mol. The zero-order valence-corrected chi connectivity index (χ0v) is 11.6. The maximum atomic E-state index is 5.45. The molecule has 1 aromatic carbocycles. The fourth-order valence-electron chi connectivity index (χ4n) is 2.64. The number of methoxy groups -OCH3 is 2. The van der Waals surface area contributed by atoms with Gasteiger partial charge >= 0.3 is 0 Å². The summed E-state index contributed by atoms with van der Waals surface area (Å²) < 4.78 is 10.8. The van der Waals surface area contributed by atoms with E-state index >= 15 is 0 Å². The van der Waals surface area contributed by atoms with Crippen LogP contribution < -0.4 is 14.8 Å². The van der Waals surface area contributed by atoms with Crippen molar-refractivity contribution in [1.82, 2.24) is 5.32 Å². The molecule has 1 aromatic rings. The van der Waals surface area contributed by atoms with E-state index in [0.717, 1.165) is 23.6 Å². The summed E-state index contributed by atoms with van der Waals surface area (Å²) in [5.74, 6) is 1.87. The van der Waals surface area contributed by atoms with Gasteiger partial charge in [0.1, 0.15) is 11.5 Å². The molecule has 1 fully saturated rings. The lowest BCUT2D eigenvalue weighted by Gasteiger charge is -2.16. The first-order valence-corrected chi connectivity index (χ1v) is 6.69. The van der Waals surface area contributed by atoms with Gasteiger partial charge in [-0.05, 0) is 37.5 Å². The molecule has 0 radical (unpaired) electrons. The molecule has 0 aromatic heterocycles. The first-order valence-electron chi connectivity index (χ1n) is 6.69. The minimum Gasteiger partial charge on any atom is -0.496 e. The van der Waals surface area contributed by atoms with Gasteiger partial charge in [-0.25, -0.2) is 0 Å². The van der Waals surface area contributed by atoms with E-state index in [0.29, 0.717) is 6.04 Å². The Morgan fingerprint density at radius 2 is 1.78 bits per heavy atom. The van der Waals surface area contributed by atoms with Crippen LogP contribution in [0.1, 0.15) is 36.8 Å². The fraction of sp³-hybridized carbons (Fsp3) is 0.600. The number of benzene rings is 1. The van der Waals surface area contributed by atoms with Gasteiger partial charge in [-0.15, -0.1) is 0 Å². The Bertz CT molecular complexity index is 398. The molecule has 0 bridgehead atoms. The molecule has 0 heterocycles. The first-order chi connectivity index (χ1) is 8.74. The highest BCUT2D eigenvalue weighted by Crippen LogP contribution is 2.28. The largest absolute Gasteiger partial charge is 0.496 e. The maximum Gasteiger partial charge on any atom is 0.123 e. The van der Waals surface area contributed by atoms with Crippen LogP contribution in [0.25, 0.3) is 0 Å². The van der Waals surface area contributed by atoms with E-state index in [1.807, 2.05) is 13.0 Å². The van der Waals surface area contributed by atoms with Gasteiger partial charge in [0.25, 0.3) is 0 Å². The van der Waals surface area contributed by atoms with E-state index in [9.17, 15) is 0 Å². The number of hydrogen-bond donors (Lipinski definition) is 1. The molecule has 0 amide bonds. The van der Waals surface area contributed by atoms with Crippen LogP contribution in [0.3, 0.4) is 0 Å². The Labute approximate surface area is 109 Å². The standard InChI is InChI=1S/C15H23NO2/c1-11-8-15(18-3)12(9-14(11)17-2)10-16-13-6-4-5-7-13/h8-9,13,16H,4-7,10H2,1-3H3. The zero-order chi connectivity index (χ0) is 13.0. The summed E-state index contributed by atoms with van der Waals surface area (Å²) >= 11 is 0. The Kier molecular flexibility index (Phi) is 4.48. The molecular formula is C15H23NO2. The Hall–Kier alpha value is -1.22. The monoisotopic (exact) mass is 249 g/mol. The topological polar surface area (TPSA) is 30.5 Å². The third-order valence-corrected chi connectivity index (χ3v) is 3.73. The lowest BCUT2D eigenvalue weighted by molar-refractivity contribution is 0.392. The minimum absolute atomic E-state index is 0.669. The number of hydrogen-bond acceptors (Lipinski definition) is 3. The van der Waals surface area contributed by atoms with Crippen molar-refractivity contribution in [3.63, 3.8) is 0 Å². The van der Waals surface area contributed by atoms with Crippen LogP contribution in [0.15, 0.2) is 12.1 Å². The smallest absolute Gasteiger partial charge is 0.123 e. The summed E-state index contributed by atoms with van der Waals surface area (Å²) in [7, 11) is 3.43. The van der Waals surface area contributed by atoms with Gasteiger partial charge < -0.3 is 14.8 Å². The lowest BCUT2D eigenvalue weighted by atomic mass is 10.1. The molecule has 100 valence electrons. The van der Waals surface area contributed by atoms with Gasteiger partial charge in [-0.2, -0.15) is 0 Å². The Morgan fingerprint density at radius 3 is 2.39 bits per heavy atom. The second kappa shape index (κ2) is 6.10. The van der Waals surface area contributed by atoms with Crippen molar-refractivity contribution < 1.29 is 9.47 Å². The molecule has 18 heavy (non-hydrogen) atoms. The molecule has 0 aliphatic heterocycles. The number of rotatable bonds is 5. The lowest BCUT2D eigenvalue weighted by Crippen LogP contribution is -2.25. The van der Waals surface area contributed by atoms with Gasteiger partial charge in [0, 0.05) is 18.2 Å². The normalized spacial score (nSPS) is 15.9. The molecule has 3 nitrogen and oxygen atoms in total. The van der Waals surface area contributed by atoms with Crippen molar-refractivity contribution in [2.45, 2.75) is 45.2 Å². The van der Waals surface area contributed by atoms with Crippen LogP contribution in [-0.4, -0.2) is 20.3 Å². The molecule has 1 N–H and O–H groups in total. The highest BCUT2D eigenvalue weighted by atomic mass is 16.5. The van der Waals surface area contributed by atoms with Gasteiger partial charge in [-0.1, -0.05) is 12.8 Å².